The van der Waals surface area contributed by atoms with Gasteiger partial charge >= 0.3 is 6.18 Å². The van der Waals surface area contributed by atoms with Crippen LogP contribution < -0.4 is 4.90 Å². The minimum atomic E-state index is -4.68. The molecule has 36 heavy (non-hydrogen) atoms. The van der Waals surface area contributed by atoms with Gasteiger partial charge in [-0.2, -0.15) is 18.4 Å². The lowest BCUT2D eigenvalue weighted by molar-refractivity contribution is -0.137. The van der Waals surface area contributed by atoms with Gasteiger partial charge in [-0.1, -0.05) is 6.07 Å². The van der Waals surface area contributed by atoms with Crippen LogP contribution in [0.25, 0.3) is 0 Å². The normalized spacial score (nSPS) is 19.3. The summed E-state index contributed by atoms with van der Waals surface area (Å²) in [5.74, 6) is -0.171. The van der Waals surface area contributed by atoms with Crippen LogP contribution in [0.4, 0.5) is 18.9 Å². The van der Waals surface area contributed by atoms with E-state index in [2.05, 4.69) is 4.98 Å². The predicted octanol–water partition coefficient (Wildman–Crippen LogP) is 3.49. The Hall–Kier alpha value is -3.61. The number of alkyl halides is 3. The third kappa shape index (κ3) is 5.15. The second-order valence-corrected chi connectivity index (χ2v) is 9.84. The molecule has 1 aromatic carbocycles. The van der Waals surface area contributed by atoms with Gasteiger partial charge in [-0.05, 0) is 54.5 Å². The average molecular weight is 500 g/mol. The molecular weight excluding hydrogens is 471 g/mol. The second-order valence-electron chi connectivity index (χ2n) is 9.84. The molecule has 2 saturated heterocycles. The van der Waals surface area contributed by atoms with Crippen molar-refractivity contribution >= 4 is 17.5 Å². The third-order valence-electron chi connectivity index (χ3n) is 7.25. The van der Waals surface area contributed by atoms with E-state index in [0.29, 0.717) is 38.9 Å². The van der Waals surface area contributed by atoms with Gasteiger partial charge in [0.15, 0.2) is 0 Å². The Labute approximate surface area is 208 Å². The van der Waals surface area contributed by atoms with Gasteiger partial charge < -0.3 is 14.7 Å². The Bertz CT molecular complexity index is 1170. The van der Waals surface area contributed by atoms with Gasteiger partial charge in [-0.3, -0.25) is 14.6 Å². The van der Waals surface area contributed by atoms with E-state index in [1.165, 1.54) is 17.0 Å². The van der Waals surface area contributed by atoms with E-state index in [4.69, 9.17) is 5.26 Å². The van der Waals surface area contributed by atoms with Crippen LogP contribution in [-0.2, 0) is 22.2 Å². The van der Waals surface area contributed by atoms with Gasteiger partial charge in [0.25, 0.3) is 0 Å². The van der Waals surface area contributed by atoms with Crippen LogP contribution in [0.3, 0.4) is 0 Å². The minimum Gasteiger partial charge on any atom is -0.359 e. The molecule has 2 amide bonds. The van der Waals surface area contributed by atoms with Crippen LogP contribution >= 0.6 is 0 Å². The van der Waals surface area contributed by atoms with E-state index in [1.54, 1.807) is 43.5 Å². The van der Waals surface area contributed by atoms with Gasteiger partial charge in [-0.15, -0.1) is 0 Å². The topological polar surface area (TPSA) is 80.5 Å². The monoisotopic (exact) mass is 499 g/mol. The highest BCUT2D eigenvalue weighted by Crippen LogP contribution is 2.46. The molecule has 190 valence electrons. The summed E-state index contributed by atoms with van der Waals surface area (Å²) in [6.07, 6.45) is 0.712. The number of carbonyl (C=O) groups is 2. The number of hydrogen-bond donors (Lipinski definition) is 0. The molecule has 1 unspecified atom stereocenters. The lowest BCUT2D eigenvalue weighted by Crippen LogP contribution is -2.44. The number of aromatic nitrogens is 1. The molecule has 2 fully saturated rings. The minimum absolute atomic E-state index is 0.00975. The number of nitriles is 1. The molecule has 2 aromatic rings. The Morgan fingerprint density at radius 1 is 1.22 bits per heavy atom. The highest BCUT2D eigenvalue weighted by molar-refractivity contribution is 5.86. The summed E-state index contributed by atoms with van der Waals surface area (Å²) in [5.41, 5.74) is -0.638. The molecule has 0 N–H and O–H groups in total. The number of pyridine rings is 1. The maximum atomic E-state index is 13.6. The first kappa shape index (κ1) is 25.5. The number of anilines is 1. The summed E-state index contributed by atoms with van der Waals surface area (Å²) in [6, 6.07) is 8.25. The SMILES string of the molecule is CN(C)C(=O)C1CC2(CCN(C(=O)Cc3cccnc3)CC2)CN1c1ccc(C#N)c(C(F)(F)F)c1. The summed E-state index contributed by atoms with van der Waals surface area (Å²) in [4.78, 5) is 34.9. The van der Waals surface area contributed by atoms with E-state index in [9.17, 15) is 22.8 Å². The van der Waals surface area contributed by atoms with Gasteiger partial charge in [0.05, 0.1) is 23.6 Å². The zero-order chi connectivity index (χ0) is 26.1. The molecule has 1 spiro atoms. The molecule has 1 aromatic heterocycles. The van der Waals surface area contributed by atoms with E-state index < -0.39 is 23.3 Å². The van der Waals surface area contributed by atoms with Gasteiger partial charge in [0, 0.05) is 51.8 Å². The third-order valence-corrected chi connectivity index (χ3v) is 7.25. The van der Waals surface area contributed by atoms with Gasteiger partial charge in [-0.25, -0.2) is 0 Å². The average Bonchev–Trinajstić information content (AvgIpc) is 3.22. The maximum absolute atomic E-state index is 13.6. The van der Waals surface area contributed by atoms with Crippen LogP contribution in [-0.4, -0.2) is 66.4 Å². The molecule has 0 bridgehead atoms. The molecular formula is C26H28F3N5O2. The lowest BCUT2D eigenvalue weighted by atomic mass is 9.76. The number of likely N-dealkylation sites (N-methyl/N-ethyl adjacent to an activating group) is 1. The van der Waals surface area contributed by atoms with Crippen molar-refractivity contribution < 1.29 is 22.8 Å². The summed E-state index contributed by atoms with van der Waals surface area (Å²) in [5, 5.41) is 9.15. The number of rotatable bonds is 4. The summed E-state index contributed by atoms with van der Waals surface area (Å²) in [7, 11) is 3.26. The van der Waals surface area contributed by atoms with Crippen LogP contribution in [0.2, 0.25) is 0 Å². The number of carbonyl (C=O) groups excluding carboxylic acids is 2. The molecule has 7 nitrogen and oxygen atoms in total. The van der Waals surface area contributed by atoms with Crippen LogP contribution in [0.5, 0.6) is 0 Å². The van der Waals surface area contributed by atoms with E-state index in [-0.39, 0.29) is 29.3 Å². The molecule has 2 aliphatic heterocycles. The fourth-order valence-electron chi connectivity index (χ4n) is 5.27. The quantitative estimate of drug-likeness (QED) is 0.644. The number of nitrogens with zero attached hydrogens (tertiary/aromatic N) is 5. The van der Waals surface area contributed by atoms with Crippen molar-refractivity contribution in [3.05, 3.63) is 59.4 Å². The number of piperidine rings is 1. The maximum Gasteiger partial charge on any atom is 0.417 e. The molecule has 3 heterocycles. The first-order valence-corrected chi connectivity index (χ1v) is 11.8. The summed E-state index contributed by atoms with van der Waals surface area (Å²) < 4.78 is 40.9. The Morgan fingerprint density at radius 3 is 2.53 bits per heavy atom. The fourth-order valence-corrected chi connectivity index (χ4v) is 5.27. The highest BCUT2D eigenvalue weighted by atomic mass is 19.4. The van der Waals surface area contributed by atoms with Crippen molar-refractivity contribution in [3.63, 3.8) is 0 Å². The largest absolute Gasteiger partial charge is 0.417 e. The Balaban J connectivity index is 1.55. The molecule has 2 aliphatic rings. The molecule has 4 rings (SSSR count). The van der Waals surface area contributed by atoms with Crippen LogP contribution in [0, 0.1) is 16.7 Å². The van der Waals surface area contributed by atoms with E-state index in [1.807, 2.05) is 11.0 Å². The number of amides is 2. The molecule has 0 aliphatic carbocycles. The smallest absolute Gasteiger partial charge is 0.359 e. The Kier molecular flexibility index (Phi) is 6.94. The molecule has 0 saturated carbocycles. The lowest BCUT2D eigenvalue weighted by Gasteiger charge is -2.39. The van der Waals surface area contributed by atoms with Crippen molar-refractivity contribution in [3.8, 4) is 6.07 Å². The Morgan fingerprint density at radius 2 is 1.94 bits per heavy atom. The standard InChI is InChI=1S/C26H28F3N5O2/c1-32(2)24(36)22-14-25(7-10-33(11-8-25)23(35)12-18-4-3-9-31-16-18)17-34(22)20-6-5-19(15-30)21(13-20)26(27,28)29/h3-6,9,13,16,22H,7-8,10-12,14,17H2,1-2H3. The number of benzene rings is 1. The second kappa shape index (κ2) is 9.80. The van der Waals surface area contributed by atoms with Crippen molar-refractivity contribution in [2.45, 2.75) is 37.9 Å². The zero-order valence-electron chi connectivity index (χ0n) is 20.3. The van der Waals surface area contributed by atoms with E-state index in [0.717, 1.165) is 11.6 Å². The first-order valence-electron chi connectivity index (χ1n) is 11.8. The van der Waals surface area contributed by atoms with Crippen molar-refractivity contribution in [1.29, 1.82) is 5.26 Å². The van der Waals surface area contributed by atoms with Crippen LogP contribution in [0.1, 0.15) is 36.0 Å². The molecule has 1 atom stereocenters. The summed E-state index contributed by atoms with van der Waals surface area (Å²) >= 11 is 0. The highest BCUT2D eigenvalue weighted by Gasteiger charge is 2.49. The summed E-state index contributed by atoms with van der Waals surface area (Å²) in [6.45, 7) is 1.46. The number of likely N-dealkylation sites (tertiary alicyclic amines) is 1. The number of hydrogen-bond acceptors (Lipinski definition) is 5. The molecule has 0 radical (unpaired) electrons. The predicted molar refractivity (Wildman–Crippen MR) is 127 cm³/mol. The van der Waals surface area contributed by atoms with Gasteiger partial charge in [0.2, 0.25) is 11.8 Å². The van der Waals surface area contributed by atoms with E-state index >= 15 is 0 Å². The van der Waals surface area contributed by atoms with Crippen molar-refractivity contribution in [2.75, 3.05) is 38.6 Å². The van der Waals surface area contributed by atoms with Gasteiger partial charge in [0.1, 0.15) is 6.04 Å². The number of halogens is 3. The first-order chi connectivity index (χ1) is 17.0. The van der Waals surface area contributed by atoms with Crippen molar-refractivity contribution in [1.82, 2.24) is 14.8 Å². The van der Waals surface area contributed by atoms with Crippen molar-refractivity contribution in [2.24, 2.45) is 5.41 Å². The zero-order valence-corrected chi connectivity index (χ0v) is 20.3. The van der Waals surface area contributed by atoms with Crippen LogP contribution in [0.15, 0.2) is 42.7 Å². The fraction of sp³-hybridized carbons (Fsp3) is 0.462. The molecule has 10 heteroatoms.